The van der Waals surface area contributed by atoms with Crippen molar-refractivity contribution in [3.8, 4) is 5.75 Å². The number of hydrogen-bond acceptors (Lipinski definition) is 5. The van der Waals surface area contributed by atoms with Gasteiger partial charge in [0.05, 0.1) is 0 Å². The van der Waals surface area contributed by atoms with E-state index < -0.39 is 29.3 Å². The van der Waals surface area contributed by atoms with Gasteiger partial charge in [0.1, 0.15) is 23.4 Å². The Morgan fingerprint density at radius 2 is 1.60 bits per heavy atom. The van der Waals surface area contributed by atoms with Crippen LogP contribution in [0.3, 0.4) is 0 Å². The largest absolute Gasteiger partial charge is 0.508 e. The molecular weight excluding hydrogens is 446 g/mol. The number of carbonyl (C=O) groups excluding carboxylic acids is 3. The van der Waals surface area contributed by atoms with Crippen molar-refractivity contribution in [1.82, 2.24) is 15.5 Å². The van der Waals surface area contributed by atoms with Gasteiger partial charge < -0.3 is 25.4 Å². The number of ether oxygens (including phenoxy) is 1. The zero-order valence-corrected chi connectivity index (χ0v) is 22.9. The van der Waals surface area contributed by atoms with Crippen LogP contribution < -0.4 is 10.6 Å². The number of benzene rings is 1. The molecule has 0 heterocycles. The Hall–Kier alpha value is -2.77. The molecule has 0 bridgehead atoms. The lowest BCUT2D eigenvalue weighted by Crippen LogP contribution is -2.56. The highest BCUT2D eigenvalue weighted by Crippen LogP contribution is 2.27. The molecule has 8 nitrogen and oxygen atoms in total. The minimum absolute atomic E-state index is 0.0687. The van der Waals surface area contributed by atoms with E-state index in [4.69, 9.17) is 4.74 Å². The number of aromatic hydroxyl groups is 1. The molecule has 35 heavy (non-hydrogen) atoms. The van der Waals surface area contributed by atoms with Gasteiger partial charge in [0.25, 0.3) is 0 Å². The molecule has 8 heteroatoms. The lowest BCUT2D eigenvalue weighted by Gasteiger charge is -2.37. The SMILES string of the molecule is CCCCN(C(=O)C(NC(=O)OC(C)(C)C)C(C)CC)C(C(=O)NC(C)(C)C)c1ccc(O)cc1. The fraction of sp³-hybridized carbons (Fsp3) is 0.667. The van der Waals surface area contributed by atoms with Gasteiger partial charge >= 0.3 is 6.09 Å². The Kier molecular flexibility index (Phi) is 11.1. The lowest BCUT2D eigenvalue weighted by atomic mass is 9.95. The second-order valence-corrected chi connectivity index (χ2v) is 11.1. The summed E-state index contributed by atoms with van der Waals surface area (Å²) in [5, 5.41) is 15.5. The van der Waals surface area contributed by atoms with Crippen LogP contribution in [-0.2, 0) is 14.3 Å². The van der Waals surface area contributed by atoms with Gasteiger partial charge in [-0.2, -0.15) is 0 Å². The van der Waals surface area contributed by atoms with Crippen LogP contribution in [0.25, 0.3) is 0 Å². The second-order valence-electron chi connectivity index (χ2n) is 11.1. The summed E-state index contributed by atoms with van der Waals surface area (Å²) in [6.45, 7) is 17.1. The molecule has 198 valence electrons. The van der Waals surface area contributed by atoms with Gasteiger partial charge in [0, 0.05) is 12.1 Å². The van der Waals surface area contributed by atoms with Gasteiger partial charge in [-0.25, -0.2) is 4.79 Å². The highest BCUT2D eigenvalue weighted by molar-refractivity contribution is 5.92. The smallest absolute Gasteiger partial charge is 0.408 e. The van der Waals surface area contributed by atoms with Crippen LogP contribution in [0, 0.1) is 5.92 Å². The normalized spacial score (nSPS) is 14.4. The van der Waals surface area contributed by atoms with Crippen LogP contribution in [0.5, 0.6) is 5.75 Å². The van der Waals surface area contributed by atoms with Gasteiger partial charge in [0.15, 0.2) is 0 Å². The molecular formula is C27H45N3O5. The summed E-state index contributed by atoms with van der Waals surface area (Å²) in [5.74, 6) is -0.793. The molecule has 1 aromatic carbocycles. The molecule has 0 fully saturated rings. The van der Waals surface area contributed by atoms with Gasteiger partial charge in [-0.15, -0.1) is 0 Å². The van der Waals surface area contributed by atoms with Crippen molar-refractivity contribution < 1.29 is 24.2 Å². The van der Waals surface area contributed by atoms with E-state index >= 15 is 0 Å². The van der Waals surface area contributed by atoms with E-state index in [1.54, 1.807) is 37.8 Å². The summed E-state index contributed by atoms with van der Waals surface area (Å²) < 4.78 is 5.42. The summed E-state index contributed by atoms with van der Waals surface area (Å²) in [5.41, 5.74) is -0.651. The Balaban J connectivity index is 3.51. The third kappa shape index (κ3) is 10.2. The van der Waals surface area contributed by atoms with E-state index in [0.717, 1.165) is 6.42 Å². The summed E-state index contributed by atoms with van der Waals surface area (Å²) in [6, 6.07) is 4.50. The van der Waals surface area contributed by atoms with Crippen LogP contribution >= 0.6 is 0 Å². The zero-order valence-electron chi connectivity index (χ0n) is 22.9. The van der Waals surface area contributed by atoms with E-state index in [0.29, 0.717) is 24.9 Å². The van der Waals surface area contributed by atoms with Crippen molar-refractivity contribution in [3.05, 3.63) is 29.8 Å². The van der Waals surface area contributed by atoms with Crippen molar-refractivity contribution in [2.75, 3.05) is 6.54 Å². The van der Waals surface area contributed by atoms with Crippen molar-refractivity contribution >= 4 is 17.9 Å². The van der Waals surface area contributed by atoms with E-state index in [1.165, 1.54) is 12.1 Å². The molecule has 0 spiro atoms. The first-order valence-electron chi connectivity index (χ1n) is 12.5. The van der Waals surface area contributed by atoms with Crippen LogP contribution in [-0.4, -0.2) is 51.6 Å². The summed E-state index contributed by atoms with van der Waals surface area (Å²) in [7, 11) is 0. The molecule has 0 aliphatic rings. The average molecular weight is 492 g/mol. The zero-order chi connectivity index (χ0) is 27.0. The van der Waals surface area contributed by atoms with Crippen molar-refractivity contribution in [1.29, 1.82) is 0 Å². The van der Waals surface area contributed by atoms with Crippen LogP contribution in [0.1, 0.15) is 93.2 Å². The first-order chi connectivity index (χ1) is 16.1. The molecule has 3 unspecified atom stereocenters. The number of carbonyl (C=O) groups is 3. The van der Waals surface area contributed by atoms with Crippen molar-refractivity contribution in [2.24, 2.45) is 5.92 Å². The number of rotatable bonds is 10. The maximum absolute atomic E-state index is 14.0. The quantitative estimate of drug-likeness (QED) is 0.431. The first-order valence-corrected chi connectivity index (χ1v) is 12.5. The minimum atomic E-state index is -0.930. The Bertz CT molecular complexity index is 840. The third-order valence-corrected chi connectivity index (χ3v) is 5.45. The molecule has 1 rings (SSSR count). The molecule has 0 saturated heterocycles. The van der Waals surface area contributed by atoms with Crippen LogP contribution in [0.4, 0.5) is 4.79 Å². The minimum Gasteiger partial charge on any atom is -0.508 e. The molecule has 1 aromatic rings. The fourth-order valence-electron chi connectivity index (χ4n) is 3.56. The first kappa shape index (κ1) is 30.3. The predicted octanol–water partition coefficient (Wildman–Crippen LogP) is 4.92. The van der Waals surface area contributed by atoms with E-state index in [1.807, 2.05) is 41.5 Å². The molecule has 0 aromatic heterocycles. The number of nitrogens with zero attached hydrogens (tertiary/aromatic N) is 1. The Morgan fingerprint density at radius 3 is 2.06 bits per heavy atom. The predicted molar refractivity (Wildman–Crippen MR) is 138 cm³/mol. The number of phenolic OH excluding ortho intramolecular Hbond substituents is 1. The number of nitrogens with one attached hydrogen (secondary N) is 2. The third-order valence-electron chi connectivity index (χ3n) is 5.45. The fourth-order valence-corrected chi connectivity index (χ4v) is 3.56. The monoisotopic (exact) mass is 491 g/mol. The van der Waals surface area contributed by atoms with Crippen molar-refractivity contribution in [3.63, 3.8) is 0 Å². The topological polar surface area (TPSA) is 108 Å². The Morgan fingerprint density at radius 1 is 1.03 bits per heavy atom. The van der Waals surface area contributed by atoms with Gasteiger partial charge in [0.2, 0.25) is 11.8 Å². The maximum atomic E-state index is 14.0. The Labute approximate surface area is 210 Å². The van der Waals surface area contributed by atoms with E-state index in [2.05, 4.69) is 10.6 Å². The van der Waals surface area contributed by atoms with Gasteiger partial charge in [-0.3, -0.25) is 9.59 Å². The maximum Gasteiger partial charge on any atom is 0.408 e. The number of unbranched alkanes of at least 4 members (excludes halogenated alkanes) is 1. The molecule has 0 aliphatic carbocycles. The number of hydrogen-bond donors (Lipinski definition) is 3. The molecule has 3 amide bonds. The molecule has 3 N–H and O–H groups in total. The van der Waals surface area contributed by atoms with Crippen molar-refractivity contribution in [2.45, 2.75) is 105 Å². The highest BCUT2D eigenvalue weighted by atomic mass is 16.6. The summed E-state index contributed by atoms with van der Waals surface area (Å²) in [6.07, 6.45) is 1.47. The van der Waals surface area contributed by atoms with E-state index in [9.17, 15) is 19.5 Å². The highest BCUT2D eigenvalue weighted by Gasteiger charge is 2.38. The number of amides is 3. The number of phenols is 1. The summed E-state index contributed by atoms with van der Waals surface area (Å²) >= 11 is 0. The molecule has 0 aliphatic heterocycles. The number of alkyl carbamates (subject to hydrolysis) is 1. The molecule has 0 saturated carbocycles. The van der Waals surface area contributed by atoms with Gasteiger partial charge in [-0.1, -0.05) is 45.7 Å². The van der Waals surface area contributed by atoms with Gasteiger partial charge in [-0.05, 0) is 71.6 Å². The summed E-state index contributed by atoms with van der Waals surface area (Å²) in [4.78, 5) is 41.7. The second kappa shape index (κ2) is 12.8. The van der Waals surface area contributed by atoms with Crippen LogP contribution in [0.15, 0.2) is 24.3 Å². The average Bonchev–Trinajstić information content (AvgIpc) is 2.72. The van der Waals surface area contributed by atoms with Crippen LogP contribution in [0.2, 0.25) is 0 Å². The molecule has 0 radical (unpaired) electrons. The lowest BCUT2D eigenvalue weighted by molar-refractivity contribution is -0.144. The van der Waals surface area contributed by atoms with E-state index in [-0.39, 0.29) is 23.5 Å². The standard InChI is InChI=1S/C27H45N3O5/c1-10-12-17-30(24(33)21(18(3)11-2)28-25(34)35-27(7,8)9)22(23(32)29-26(4,5)6)19-13-15-20(31)16-14-19/h13-16,18,21-22,31H,10-12,17H2,1-9H3,(H,28,34)(H,29,32). The molecule has 3 atom stereocenters.